The summed E-state index contributed by atoms with van der Waals surface area (Å²) >= 11 is 0. The number of ether oxygens (including phenoxy) is 3. The highest BCUT2D eigenvalue weighted by molar-refractivity contribution is 6.00. The maximum atomic E-state index is 12.7. The van der Waals surface area contributed by atoms with Crippen molar-refractivity contribution in [2.75, 3.05) is 13.7 Å². The molecule has 0 spiro atoms. The Morgan fingerprint density at radius 1 is 1.22 bits per heavy atom. The van der Waals surface area contributed by atoms with Crippen molar-refractivity contribution < 1.29 is 24.1 Å². The maximum absolute atomic E-state index is 12.7. The monoisotopic (exact) mass is 368 g/mol. The van der Waals surface area contributed by atoms with Crippen molar-refractivity contribution in [3.8, 4) is 17.2 Å². The number of Topliss-reactive ketones (excluding diaryl/α,β-unsaturated/α-hetero) is 1. The van der Waals surface area contributed by atoms with Gasteiger partial charge < -0.3 is 19.3 Å². The molecule has 142 valence electrons. The van der Waals surface area contributed by atoms with Crippen LogP contribution in [0.25, 0.3) is 6.08 Å². The largest absolute Gasteiger partial charge is 0.496 e. The van der Waals surface area contributed by atoms with E-state index in [1.807, 2.05) is 51.1 Å². The predicted molar refractivity (Wildman–Crippen MR) is 104 cm³/mol. The number of carbonyl (C=O) groups excluding carboxylic acids is 1. The van der Waals surface area contributed by atoms with Crippen molar-refractivity contribution in [2.24, 2.45) is 0 Å². The lowest BCUT2D eigenvalue weighted by molar-refractivity contribution is 0.0914. The van der Waals surface area contributed by atoms with E-state index in [2.05, 4.69) is 0 Å². The summed E-state index contributed by atoms with van der Waals surface area (Å²) in [5.41, 5.74) is 2.38. The Labute approximate surface area is 159 Å². The average Bonchev–Trinajstić information content (AvgIpc) is 2.64. The normalized spacial score (nSPS) is 14.3. The zero-order chi connectivity index (χ0) is 19.6. The number of benzene rings is 2. The molecule has 0 saturated heterocycles. The molecule has 0 bridgehead atoms. The lowest BCUT2D eigenvalue weighted by Crippen LogP contribution is -2.27. The second kappa shape index (κ2) is 7.45. The number of ketones is 1. The van der Waals surface area contributed by atoms with E-state index in [0.29, 0.717) is 28.4 Å². The number of hydrogen-bond donors (Lipinski definition) is 1. The van der Waals surface area contributed by atoms with Crippen molar-refractivity contribution in [2.45, 2.75) is 33.0 Å². The minimum absolute atomic E-state index is 0.167. The van der Waals surface area contributed by atoms with Crippen LogP contribution in [0.4, 0.5) is 0 Å². The number of methoxy groups -OCH3 is 1. The first kappa shape index (κ1) is 19.0. The van der Waals surface area contributed by atoms with Crippen LogP contribution in [-0.4, -0.2) is 30.2 Å². The molecule has 0 aliphatic carbocycles. The van der Waals surface area contributed by atoms with Gasteiger partial charge in [0, 0.05) is 5.56 Å². The van der Waals surface area contributed by atoms with E-state index in [9.17, 15) is 9.90 Å². The first-order chi connectivity index (χ1) is 12.8. The Bertz CT molecular complexity index is 896. The third kappa shape index (κ3) is 3.98. The van der Waals surface area contributed by atoms with Crippen LogP contribution >= 0.6 is 0 Å². The van der Waals surface area contributed by atoms with Crippen LogP contribution in [0, 0.1) is 6.92 Å². The number of aliphatic hydroxyl groups is 1. The molecule has 0 unspecified atom stereocenters. The van der Waals surface area contributed by atoms with Crippen molar-refractivity contribution in [1.29, 1.82) is 0 Å². The van der Waals surface area contributed by atoms with Crippen LogP contribution in [0.5, 0.6) is 17.2 Å². The van der Waals surface area contributed by atoms with E-state index in [0.717, 1.165) is 11.1 Å². The molecular formula is C22H24O5. The van der Waals surface area contributed by atoms with Crippen LogP contribution in [0.15, 0.2) is 36.4 Å². The molecule has 5 nitrogen and oxygen atoms in total. The minimum Gasteiger partial charge on any atom is -0.496 e. The summed E-state index contributed by atoms with van der Waals surface area (Å²) in [6.45, 7) is 5.49. The van der Waals surface area contributed by atoms with E-state index in [4.69, 9.17) is 14.2 Å². The van der Waals surface area contributed by atoms with Gasteiger partial charge in [0.05, 0.1) is 24.8 Å². The first-order valence-corrected chi connectivity index (χ1v) is 8.80. The highest BCUT2D eigenvalue weighted by Crippen LogP contribution is 2.39. The molecule has 2 aromatic carbocycles. The van der Waals surface area contributed by atoms with Gasteiger partial charge in [-0.15, -0.1) is 0 Å². The van der Waals surface area contributed by atoms with E-state index in [1.165, 1.54) is 7.11 Å². The fourth-order valence-electron chi connectivity index (χ4n) is 3.01. The van der Waals surface area contributed by atoms with Gasteiger partial charge in [0.15, 0.2) is 6.61 Å². The number of hydrogen-bond acceptors (Lipinski definition) is 5. The average molecular weight is 368 g/mol. The molecule has 0 amide bonds. The molecule has 0 fully saturated rings. The summed E-state index contributed by atoms with van der Waals surface area (Å²) in [6, 6.07) is 8.97. The standard InChI is InChI=1S/C22H24O5/c1-14-5-7-16(20(11-14)25-4)18(24)13-26-21-15(12-23)6-8-19-17(21)9-10-22(2,3)27-19/h5-11,23H,12-13H2,1-4H3. The van der Waals surface area contributed by atoms with Gasteiger partial charge in [0.2, 0.25) is 5.78 Å². The zero-order valence-corrected chi connectivity index (χ0v) is 16.0. The molecule has 1 heterocycles. The van der Waals surface area contributed by atoms with Gasteiger partial charge in [0.25, 0.3) is 0 Å². The fourth-order valence-corrected chi connectivity index (χ4v) is 3.01. The quantitative estimate of drug-likeness (QED) is 0.783. The Morgan fingerprint density at radius 3 is 2.70 bits per heavy atom. The van der Waals surface area contributed by atoms with E-state index in [-0.39, 0.29) is 19.0 Å². The maximum Gasteiger partial charge on any atom is 0.203 e. The van der Waals surface area contributed by atoms with Gasteiger partial charge >= 0.3 is 0 Å². The Kier molecular flexibility index (Phi) is 5.24. The van der Waals surface area contributed by atoms with Gasteiger partial charge in [-0.25, -0.2) is 0 Å². The lowest BCUT2D eigenvalue weighted by atomic mass is 9.99. The molecule has 1 aliphatic rings. The summed E-state index contributed by atoms with van der Waals surface area (Å²) in [4.78, 5) is 12.7. The molecule has 0 atom stereocenters. The van der Waals surface area contributed by atoms with Crippen molar-refractivity contribution in [1.82, 2.24) is 0 Å². The molecule has 0 radical (unpaired) electrons. The van der Waals surface area contributed by atoms with Crippen LogP contribution < -0.4 is 14.2 Å². The van der Waals surface area contributed by atoms with Crippen molar-refractivity contribution in [3.63, 3.8) is 0 Å². The Hall–Kier alpha value is -2.79. The SMILES string of the molecule is COc1cc(C)ccc1C(=O)COc1c(CO)ccc2c1C=CC(C)(C)O2. The summed E-state index contributed by atoms with van der Waals surface area (Å²) < 4.78 is 17.1. The summed E-state index contributed by atoms with van der Waals surface area (Å²) in [7, 11) is 1.54. The topological polar surface area (TPSA) is 65.0 Å². The highest BCUT2D eigenvalue weighted by Gasteiger charge is 2.25. The number of fused-ring (bicyclic) bond motifs is 1. The molecule has 2 aromatic rings. The van der Waals surface area contributed by atoms with Gasteiger partial charge in [0.1, 0.15) is 22.8 Å². The molecular weight excluding hydrogens is 344 g/mol. The number of aliphatic hydroxyl groups excluding tert-OH is 1. The first-order valence-electron chi connectivity index (χ1n) is 8.80. The molecule has 0 saturated carbocycles. The Balaban J connectivity index is 1.87. The smallest absolute Gasteiger partial charge is 0.203 e. The van der Waals surface area contributed by atoms with Gasteiger partial charge in [-0.2, -0.15) is 0 Å². The second-order valence-corrected chi connectivity index (χ2v) is 7.08. The molecule has 3 rings (SSSR count). The van der Waals surface area contributed by atoms with Crippen molar-refractivity contribution in [3.05, 3.63) is 58.7 Å². The summed E-state index contributed by atoms with van der Waals surface area (Å²) in [5, 5.41) is 9.67. The number of rotatable bonds is 6. The number of aryl methyl sites for hydroxylation is 1. The second-order valence-electron chi connectivity index (χ2n) is 7.08. The third-order valence-electron chi connectivity index (χ3n) is 4.44. The van der Waals surface area contributed by atoms with Crippen LogP contribution in [0.2, 0.25) is 0 Å². The summed E-state index contributed by atoms with van der Waals surface area (Å²) in [6.07, 6.45) is 3.83. The van der Waals surface area contributed by atoms with Gasteiger partial charge in [-0.1, -0.05) is 6.07 Å². The van der Waals surface area contributed by atoms with E-state index < -0.39 is 5.60 Å². The third-order valence-corrected chi connectivity index (χ3v) is 4.44. The molecule has 27 heavy (non-hydrogen) atoms. The van der Waals surface area contributed by atoms with Crippen molar-refractivity contribution >= 4 is 11.9 Å². The van der Waals surface area contributed by atoms with Gasteiger partial charge in [-0.05, 0) is 62.8 Å². The summed E-state index contributed by atoms with van der Waals surface area (Å²) in [5.74, 6) is 1.44. The molecule has 1 aliphatic heterocycles. The van der Waals surface area contributed by atoms with E-state index in [1.54, 1.807) is 12.1 Å². The van der Waals surface area contributed by atoms with E-state index >= 15 is 0 Å². The zero-order valence-electron chi connectivity index (χ0n) is 16.0. The Morgan fingerprint density at radius 2 is 2.00 bits per heavy atom. The lowest BCUT2D eigenvalue weighted by Gasteiger charge is -2.29. The highest BCUT2D eigenvalue weighted by atomic mass is 16.5. The van der Waals surface area contributed by atoms with Gasteiger partial charge in [-0.3, -0.25) is 4.79 Å². The predicted octanol–water partition coefficient (Wildman–Crippen LogP) is 3.94. The fraction of sp³-hybridized carbons (Fsp3) is 0.318. The van der Waals surface area contributed by atoms with Crippen LogP contribution in [0.1, 0.15) is 40.9 Å². The van der Waals surface area contributed by atoms with Crippen LogP contribution in [-0.2, 0) is 6.61 Å². The molecule has 1 N–H and O–H groups in total. The van der Waals surface area contributed by atoms with Crippen LogP contribution in [0.3, 0.4) is 0 Å². The number of carbonyl (C=O) groups is 1. The molecule has 0 aromatic heterocycles. The molecule has 5 heteroatoms. The minimum atomic E-state index is -0.421.